The van der Waals surface area contributed by atoms with Crippen LogP contribution >= 0.6 is 0 Å². The minimum Gasteiger partial charge on any atom is -0.465 e. The van der Waals surface area contributed by atoms with Gasteiger partial charge in [0.15, 0.2) is 0 Å². The Bertz CT molecular complexity index is 781. The molecule has 5 nitrogen and oxygen atoms in total. The van der Waals surface area contributed by atoms with Crippen LogP contribution in [0.3, 0.4) is 0 Å². The maximum atomic E-state index is 13.7. The third-order valence-corrected chi connectivity index (χ3v) is 3.58. The van der Waals surface area contributed by atoms with Crippen molar-refractivity contribution in [1.82, 2.24) is 5.32 Å². The predicted octanol–water partition coefficient (Wildman–Crippen LogP) is 3.04. The third-order valence-electron chi connectivity index (χ3n) is 3.58. The van der Waals surface area contributed by atoms with E-state index in [2.05, 4.69) is 15.4 Å². The van der Waals surface area contributed by atoms with Crippen LogP contribution in [0.15, 0.2) is 42.5 Å². The maximum Gasteiger partial charge on any atom is 0.339 e. The molecule has 0 aliphatic rings. The van der Waals surface area contributed by atoms with Gasteiger partial charge in [0.05, 0.1) is 25.3 Å². The van der Waals surface area contributed by atoms with Gasteiger partial charge in [-0.2, -0.15) is 0 Å². The molecule has 25 heavy (non-hydrogen) atoms. The van der Waals surface area contributed by atoms with Crippen LogP contribution < -0.4 is 10.6 Å². The summed E-state index contributed by atoms with van der Waals surface area (Å²) in [6.07, 6.45) is 0. The molecular formula is C18H18F2N2O3. The van der Waals surface area contributed by atoms with E-state index in [9.17, 15) is 18.4 Å². The topological polar surface area (TPSA) is 67.4 Å². The van der Waals surface area contributed by atoms with E-state index in [1.54, 1.807) is 31.2 Å². The lowest BCUT2D eigenvalue weighted by Gasteiger charge is -2.16. The summed E-state index contributed by atoms with van der Waals surface area (Å²) < 4.78 is 31.3. The van der Waals surface area contributed by atoms with Gasteiger partial charge in [-0.25, -0.2) is 13.6 Å². The zero-order valence-corrected chi connectivity index (χ0v) is 13.8. The van der Waals surface area contributed by atoms with E-state index in [0.717, 1.165) is 12.1 Å². The highest BCUT2D eigenvalue weighted by Crippen LogP contribution is 2.18. The average molecular weight is 348 g/mol. The molecular weight excluding hydrogens is 330 g/mol. The molecule has 0 aliphatic heterocycles. The zero-order chi connectivity index (χ0) is 18.4. The van der Waals surface area contributed by atoms with Crippen LogP contribution in [-0.4, -0.2) is 25.5 Å². The van der Waals surface area contributed by atoms with Crippen molar-refractivity contribution >= 4 is 17.6 Å². The van der Waals surface area contributed by atoms with Gasteiger partial charge < -0.3 is 15.4 Å². The summed E-state index contributed by atoms with van der Waals surface area (Å²) in [5.74, 6) is -2.33. The highest BCUT2D eigenvalue weighted by Gasteiger charge is 2.15. The SMILES string of the molecule is COC(=O)c1ccccc1NCC(=O)N[C@@H](C)c1ccc(F)cc1F. The van der Waals surface area contributed by atoms with Crippen molar-refractivity contribution in [3.8, 4) is 0 Å². The summed E-state index contributed by atoms with van der Waals surface area (Å²) in [6, 6.07) is 9.15. The monoisotopic (exact) mass is 348 g/mol. The van der Waals surface area contributed by atoms with Gasteiger partial charge in [0.25, 0.3) is 0 Å². The Kier molecular flexibility index (Phi) is 6.05. The molecule has 1 atom stereocenters. The number of carbonyl (C=O) groups excluding carboxylic acids is 2. The summed E-state index contributed by atoms with van der Waals surface area (Å²) in [7, 11) is 1.27. The Labute approximate surface area is 144 Å². The molecule has 7 heteroatoms. The van der Waals surface area contributed by atoms with Gasteiger partial charge in [0.1, 0.15) is 11.6 Å². The fraction of sp³-hybridized carbons (Fsp3) is 0.222. The number of para-hydroxylation sites is 1. The lowest BCUT2D eigenvalue weighted by Crippen LogP contribution is -2.32. The zero-order valence-electron chi connectivity index (χ0n) is 13.8. The summed E-state index contributed by atoms with van der Waals surface area (Å²) in [4.78, 5) is 23.7. The molecule has 1 amide bonds. The molecule has 0 bridgehead atoms. The highest BCUT2D eigenvalue weighted by molar-refractivity contribution is 5.96. The van der Waals surface area contributed by atoms with E-state index in [0.29, 0.717) is 11.3 Å². The van der Waals surface area contributed by atoms with E-state index in [-0.39, 0.29) is 12.1 Å². The first-order valence-electron chi connectivity index (χ1n) is 7.58. The van der Waals surface area contributed by atoms with Gasteiger partial charge >= 0.3 is 5.97 Å². The van der Waals surface area contributed by atoms with Crippen LogP contribution in [0.1, 0.15) is 28.9 Å². The fourth-order valence-corrected chi connectivity index (χ4v) is 2.32. The molecule has 0 saturated carbocycles. The maximum absolute atomic E-state index is 13.7. The molecule has 2 rings (SSSR count). The molecule has 0 heterocycles. The Hall–Kier alpha value is -2.96. The standard InChI is InChI=1S/C18H18F2N2O3/c1-11(13-8-7-12(19)9-15(13)20)22-17(23)10-21-16-6-4-3-5-14(16)18(24)25-2/h3-9,11,21H,10H2,1-2H3,(H,22,23)/t11-/m0/s1. The quantitative estimate of drug-likeness (QED) is 0.788. The lowest BCUT2D eigenvalue weighted by molar-refractivity contribution is -0.120. The van der Waals surface area contributed by atoms with Crippen molar-refractivity contribution in [2.45, 2.75) is 13.0 Å². The van der Waals surface area contributed by atoms with E-state index in [1.807, 2.05) is 0 Å². The second-order valence-corrected chi connectivity index (χ2v) is 5.35. The summed E-state index contributed by atoms with van der Waals surface area (Å²) in [5, 5.41) is 5.45. The molecule has 0 unspecified atom stereocenters. The van der Waals surface area contributed by atoms with Gasteiger partial charge in [0.2, 0.25) is 5.91 Å². The van der Waals surface area contributed by atoms with Crippen molar-refractivity contribution in [3.63, 3.8) is 0 Å². The Morgan fingerprint density at radius 3 is 2.56 bits per heavy atom. The van der Waals surface area contributed by atoms with E-state index < -0.39 is 29.6 Å². The number of hydrogen-bond donors (Lipinski definition) is 2. The molecule has 132 valence electrons. The highest BCUT2D eigenvalue weighted by atomic mass is 19.1. The second-order valence-electron chi connectivity index (χ2n) is 5.35. The lowest BCUT2D eigenvalue weighted by atomic mass is 10.1. The van der Waals surface area contributed by atoms with Crippen molar-refractivity contribution < 1.29 is 23.1 Å². The van der Waals surface area contributed by atoms with Crippen molar-refractivity contribution in [2.75, 3.05) is 19.0 Å². The number of anilines is 1. The van der Waals surface area contributed by atoms with Crippen molar-refractivity contribution in [2.24, 2.45) is 0 Å². The van der Waals surface area contributed by atoms with E-state index >= 15 is 0 Å². The minimum absolute atomic E-state index is 0.124. The largest absolute Gasteiger partial charge is 0.465 e. The van der Waals surface area contributed by atoms with Gasteiger partial charge in [-0.1, -0.05) is 18.2 Å². The first-order chi connectivity index (χ1) is 11.9. The molecule has 0 spiro atoms. The number of halogens is 2. The van der Waals surface area contributed by atoms with Crippen LogP contribution in [-0.2, 0) is 9.53 Å². The first-order valence-corrected chi connectivity index (χ1v) is 7.58. The normalized spacial score (nSPS) is 11.5. The molecule has 0 aliphatic carbocycles. The predicted molar refractivity (Wildman–Crippen MR) is 89.2 cm³/mol. The Morgan fingerprint density at radius 1 is 1.16 bits per heavy atom. The van der Waals surface area contributed by atoms with Crippen LogP contribution in [0.4, 0.5) is 14.5 Å². The molecule has 0 radical (unpaired) electrons. The van der Waals surface area contributed by atoms with Gasteiger partial charge in [-0.05, 0) is 25.1 Å². The van der Waals surface area contributed by atoms with Crippen LogP contribution in [0.25, 0.3) is 0 Å². The van der Waals surface area contributed by atoms with Gasteiger partial charge in [0, 0.05) is 17.3 Å². The number of esters is 1. The molecule has 0 saturated heterocycles. The van der Waals surface area contributed by atoms with Gasteiger partial charge in [-0.3, -0.25) is 4.79 Å². The van der Waals surface area contributed by atoms with Crippen LogP contribution in [0, 0.1) is 11.6 Å². The number of methoxy groups -OCH3 is 1. The summed E-state index contributed by atoms with van der Waals surface area (Å²) in [6.45, 7) is 1.47. The van der Waals surface area contributed by atoms with E-state index in [4.69, 9.17) is 0 Å². The molecule has 2 aromatic carbocycles. The molecule has 2 aromatic rings. The number of carbonyl (C=O) groups is 2. The number of ether oxygens (including phenoxy) is 1. The molecule has 2 N–H and O–H groups in total. The number of amides is 1. The number of rotatable bonds is 6. The molecule has 0 fully saturated rings. The van der Waals surface area contributed by atoms with E-state index in [1.165, 1.54) is 13.2 Å². The summed E-state index contributed by atoms with van der Waals surface area (Å²) >= 11 is 0. The van der Waals surface area contributed by atoms with Crippen molar-refractivity contribution in [3.05, 3.63) is 65.2 Å². The fourth-order valence-electron chi connectivity index (χ4n) is 2.32. The first kappa shape index (κ1) is 18.4. The molecule has 0 aromatic heterocycles. The number of benzene rings is 2. The Morgan fingerprint density at radius 2 is 1.88 bits per heavy atom. The Balaban J connectivity index is 1.98. The van der Waals surface area contributed by atoms with Crippen LogP contribution in [0.2, 0.25) is 0 Å². The van der Waals surface area contributed by atoms with Crippen molar-refractivity contribution in [1.29, 1.82) is 0 Å². The number of nitrogens with one attached hydrogen (secondary N) is 2. The smallest absolute Gasteiger partial charge is 0.339 e. The van der Waals surface area contributed by atoms with Crippen LogP contribution in [0.5, 0.6) is 0 Å². The third kappa shape index (κ3) is 4.76. The second kappa shape index (κ2) is 8.23. The summed E-state index contributed by atoms with van der Waals surface area (Å²) in [5.41, 5.74) is 0.935. The van der Waals surface area contributed by atoms with Gasteiger partial charge in [-0.15, -0.1) is 0 Å². The number of hydrogen-bond acceptors (Lipinski definition) is 4. The minimum atomic E-state index is -0.725. The average Bonchev–Trinajstić information content (AvgIpc) is 2.59.